The minimum Gasteiger partial charge on any atom is -0.492 e. The molecule has 2 amide bonds. The largest absolute Gasteiger partial charge is 0.492 e. The zero-order chi connectivity index (χ0) is 28.3. The molecule has 2 aromatic heterocycles. The van der Waals surface area contributed by atoms with Crippen LogP contribution < -0.4 is 20.1 Å². The lowest BCUT2D eigenvalue weighted by atomic mass is 9.92. The molecule has 0 spiro atoms. The summed E-state index contributed by atoms with van der Waals surface area (Å²) in [4.78, 5) is 15.6. The SMILES string of the molecule is Cc1ccc(-n2nc(C(C)(C)C)cc2NC(=O)Nc2ccc(OCCN3CCOCC3)c3ccccc23)c[n+]1O. The van der Waals surface area contributed by atoms with Gasteiger partial charge in [0.05, 0.1) is 24.6 Å². The van der Waals surface area contributed by atoms with Gasteiger partial charge in [-0.25, -0.2) is 9.48 Å². The number of hydrogen-bond donors (Lipinski definition) is 3. The van der Waals surface area contributed by atoms with E-state index in [9.17, 15) is 10.0 Å². The molecule has 0 aliphatic carbocycles. The zero-order valence-electron chi connectivity index (χ0n) is 23.5. The molecule has 3 heterocycles. The van der Waals surface area contributed by atoms with Crippen molar-refractivity contribution in [3.8, 4) is 11.4 Å². The number of amides is 2. The van der Waals surface area contributed by atoms with E-state index < -0.39 is 6.03 Å². The minimum atomic E-state index is -0.406. The smallest absolute Gasteiger partial charge is 0.324 e. The number of carbonyl (C=O) groups is 1. The van der Waals surface area contributed by atoms with Gasteiger partial charge in [0.15, 0.2) is 0 Å². The van der Waals surface area contributed by atoms with Crippen LogP contribution in [-0.2, 0) is 10.2 Å². The molecular weight excluding hydrogens is 508 g/mol. The number of benzene rings is 2. The summed E-state index contributed by atoms with van der Waals surface area (Å²) in [5.74, 6) is 1.26. The van der Waals surface area contributed by atoms with Crippen LogP contribution >= 0.6 is 0 Å². The average molecular weight is 546 g/mol. The Hall–Kier alpha value is -4.15. The van der Waals surface area contributed by atoms with Crippen molar-refractivity contribution in [2.75, 3.05) is 50.1 Å². The van der Waals surface area contributed by atoms with Crippen molar-refractivity contribution in [3.63, 3.8) is 0 Å². The lowest BCUT2D eigenvalue weighted by Gasteiger charge is -2.26. The number of nitrogens with one attached hydrogen (secondary N) is 2. The third-order valence-corrected chi connectivity index (χ3v) is 6.98. The Balaban J connectivity index is 1.35. The summed E-state index contributed by atoms with van der Waals surface area (Å²) in [6.45, 7) is 12.7. The molecule has 1 aliphatic heterocycles. The van der Waals surface area contributed by atoms with Crippen molar-refractivity contribution in [1.29, 1.82) is 0 Å². The molecule has 2 aromatic carbocycles. The Morgan fingerprint density at radius 3 is 2.55 bits per heavy atom. The van der Waals surface area contributed by atoms with E-state index in [1.54, 1.807) is 23.9 Å². The van der Waals surface area contributed by atoms with Gasteiger partial charge in [0.1, 0.15) is 23.9 Å². The van der Waals surface area contributed by atoms with Crippen LogP contribution in [0.3, 0.4) is 0 Å². The molecule has 1 saturated heterocycles. The van der Waals surface area contributed by atoms with Gasteiger partial charge >= 0.3 is 6.03 Å². The van der Waals surface area contributed by atoms with Crippen molar-refractivity contribution < 1.29 is 24.2 Å². The average Bonchev–Trinajstić information content (AvgIpc) is 3.36. The fraction of sp³-hybridized carbons (Fsp3) is 0.367. The van der Waals surface area contributed by atoms with Gasteiger partial charge in [0, 0.05) is 59.6 Å². The van der Waals surface area contributed by atoms with Gasteiger partial charge in [-0.15, -0.1) is 0 Å². The first-order chi connectivity index (χ1) is 19.2. The third-order valence-electron chi connectivity index (χ3n) is 6.98. The minimum absolute atomic E-state index is 0.244. The maximum absolute atomic E-state index is 13.3. The van der Waals surface area contributed by atoms with Crippen molar-refractivity contribution >= 4 is 28.3 Å². The molecule has 4 aromatic rings. The van der Waals surface area contributed by atoms with Crippen LogP contribution in [0.1, 0.15) is 32.2 Å². The van der Waals surface area contributed by atoms with Crippen LogP contribution in [0.4, 0.5) is 16.3 Å². The maximum atomic E-state index is 13.3. The lowest BCUT2D eigenvalue weighted by Crippen LogP contribution is -2.38. The predicted octanol–water partition coefficient (Wildman–Crippen LogP) is 4.51. The first-order valence-electron chi connectivity index (χ1n) is 13.5. The molecule has 0 atom stereocenters. The van der Waals surface area contributed by atoms with Crippen LogP contribution in [0.2, 0.25) is 0 Å². The molecule has 1 aliphatic rings. The van der Waals surface area contributed by atoms with Gasteiger partial charge < -0.3 is 14.8 Å². The molecule has 0 unspecified atom stereocenters. The first-order valence-corrected chi connectivity index (χ1v) is 13.5. The molecule has 0 radical (unpaired) electrons. The molecule has 5 rings (SSSR count). The van der Waals surface area contributed by atoms with E-state index in [1.807, 2.05) is 48.5 Å². The molecule has 0 saturated carbocycles. The maximum Gasteiger partial charge on any atom is 0.324 e. The number of urea groups is 1. The topological polar surface area (TPSA) is 105 Å². The quantitative estimate of drug-likeness (QED) is 0.233. The number of pyridine rings is 1. The molecule has 40 heavy (non-hydrogen) atoms. The van der Waals surface area contributed by atoms with Crippen LogP contribution in [0, 0.1) is 6.92 Å². The van der Waals surface area contributed by atoms with E-state index in [0.717, 1.165) is 59.8 Å². The number of morpholine rings is 1. The predicted molar refractivity (Wildman–Crippen MR) is 154 cm³/mol. The highest BCUT2D eigenvalue weighted by Crippen LogP contribution is 2.32. The summed E-state index contributed by atoms with van der Waals surface area (Å²) in [7, 11) is 0. The van der Waals surface area contributed by atoms with E-state index in [4.69, 9.17) is 14.6 Å². The summed E-state index contributed by atoms with van der Waals surface area (Å²) < 4.78 is 14.2. The Morgan fingerprint density at radius 2 is 1.82 bits per heavy atom. The highest BCUT2D eigenvalue weighted by Gasteiger charge is 2.23. The van der Waals surface area contributed by atoms with E-state index in [1.165, 1.54) is 0 Å². The Kier molecular flexibility index (Phi) is 7.90. The van der Waals surface area contributed by atoms with Gasteiger partial charge in [-0.05, 0) is 18.2 Å². The number of ether oxygens (including phenoxy) is 2. The van der Waals surface area contributed by atoms with E-state index in [-0.39, 0.29) is 5.41 Å². The number of hydrogen-bond acceptors (Lipinski definition) is 6. The number of aryl methyl sites for hydroxylation is 1. The number of carbonyl (C=O) groups excluding carboxylic acids is 1. The van der Waals surface area contributed by atoms with Gasteiger partial charge in [0.2, 0.25) is 11.9 Å². The number of rotatable bonds is 7. The van der Waals surface area contributed by atoms with Crippen molar-refractivity contribution in [2.45, 2.75) is 33.1 Å². The Morgan fingerprint density at radius 1 is 1.07 bits per heavy atom. The second-order valence-electron chi connectivity index (χ2n) is 11.0. The zero-order valence-corrected chi connectivity index (χ0v) is 23.5. The number of nitrogens with zero attached hydrogens (tertiary/aromatic N) is 4. The van der Waals surface area contributed by atoms with Crippen molar-refractivity contribution in [3.05, 3.63) is 72.2 Å². The Bertz CT molecular complexity index is 1500. The Labute approximate surface area is 234 Å². The highest BCUT2D eigenvalue weighted by atomic mass is 16.5. The van der Waals surface area contributed by atoms with E-state index in [0.29, 0.717) is 29.5 Å². The molecule has 10 heteroatoms. The van der Waals surface area contributed by atoms with Crippen LogP contribution in [0.25, 0.3) is 16.5 Å². The highest BCUT2D eigenvalue weighted by molar-refractivity contribution is 6.07. The molecule has 1 fully saturated rings. The normalized spacial score (nSPS) is 14.3. The molecular formula is C30H37N6O4+. The van der Waals surface area contributed by atoms with E-state index >= 15 is 0 Å². The fourth-order valence-electron chi connectivity index (χ4n) is 4.60. The molecule has 3 N–H and O–H groups in total. The summed E-state index contributed by atoms with van der Waals surface area (Å²) in [6, 6.07) is 16.7. The molecule has 0 bridgehead atoms. The fourth-order valence-corrected chi connectivity index (χ4v) is 4.60. The number of aromatic nitrogens is 3. The van der Waals surface area contributed by atoms with Crippen LogP contribution in [0.15, 0.2) is 60.8 Å². The van der Waals surface area contributed by atoms with Gasteiger partial charge in [-0.2, -0.15) is 5.10 Å². The van der Waals surface area contributed by atoms with Gasteiger partial charge in [-0.3, -0.25) is 15.4 Å². The summed E-state index contributed by atoms with van der Waals surface area (Å²) >= 11 is 0. The molecule has 210 valence electrons. The van der Waals surface area contributed by atoms with Crippen molar-refractivity contribution in [1.82, 2.24) is 14.7 Å². The second-order valence-corrected chi connectivity index (χ2v) is 11.0. The van der Waals surface area contributed by atoms with Crippen LogP contribution in [0.5, 0.6) is 5.75 Å². The monoisotopic (exact) mass is 545 g/mol. The third kappa shape index (κ3) is 6.19. The molecule has 10 nitrogen and oxygen atoms in total. The summed E-state index contributed by atoms with van der Waals surface area (Å²) in [6.07, 6.45) is 1.56. The summed E-state index contributed by atoms with van der Waals surface area (Å²) in [5.41, 5.74) is 2.52. The lowest BCUT2D eigenvalue weighted by molar-refractivity contribution is -0.908. The summed E-state index contributed by atoms with van der Waals surface area (Å²) in [5, 5.41) is 22.7. The number of anilines is 2. The van der Waals surface area contributed by atoms with Gasteiger partial charge in [-0.1, -0.05) is 45.0 Å². The standard InChI is InChI=1S/C30H36N6O4/c1-21-9-10-22(20-35(21)38)36-28(19-27(33-36)30(2,3)4)32-29(37)31-25-11-12-26(24-8-6-5-7-23(24)25)40-18-15-34-13-16-39-17-14-34/h5-12,19-20H,13-18H2,1-4H3,(H2-,31,32,33,37,38)/p+1. The van der Waals surface area contributed by atoms with E-state index in [2.05, 4.69) is 36.3 Å². The first kappa shape index (κ1) is 27.4. The van der Waals surface area contributed by atoms with Crippen LogP contribution in [-0.4, -0.2) is 65.4 Å². The number of fused-ring (bicyclic) bond motifs is 1. The van der Waals surface area contributed by atoms with Gasteiger partial charge in [0.25, 0.3) is 0 Å². The van der Waals surface area contributed by atoms with Crippen molar-refractivity contribution in [2.24, 2.45) is 0 Å². The second kappa shape index (κ2) is 11.5.